The van der Waals surface area contributed by atoms with Crippen LogP contribution in [0.25, 0.3) is 0 Å². The minimum Gasteiger partial charge on any atom is -0.302 e. The zero-order chi connectivity index (χ0) is 12.6. The fraction of sp³-hybridized carbons (Fsp3) is 0.625. The molecule has 1 nitrogen and oxygen atoms in total. The monoisotopic (exact) mass is 261 g/mol. The van der Waals surface area contributed by atoms with Gasteiger partial charge >= 0.3 is 0 Å². The van der Waals surface area contributed by atoms with Crippen LogP contribution >= 0.6 is 11.8 Å². The summed E-state index contributed by atoms with van der Waals surface area (Å²) in [6.45, 7) is 8.66. The van der Waals surface area contributed by atoms with Crippen molar-refractivity contribution in [1.29, 1.82) is 0 Å². The van der Waals surface area contributed by atoms with E-state index >= 15 is 0 Å². The number of benzene rings is 1. The van der Waals surface area contributed by atoms with E-state index in [-0.39, 0.29) is 0 Å². The molecule has 1 unspecified atom stereocenters. The smallest absolute Gasteiger partial charge is 0.0108 e. The molecule has 0 radical (unpaired) electrons. The summed E-state index contributed by atoms with van der Waals surface area (Å²) in [5, 5.41) is 0. The molecule has 2 aliphatic rings. The van der Waals surface area contributed by atoms with E-state index in [1.165, 1.54) is 43.1 Å². The zero-order valence-electron chi connectivity index (χ0n) is 11.5. The number of hydrogen-bond acceptors (Lipinski definition) is 2. The average Bonchev–Trinajstić information content (AvgIpc) is 2.72. The summed E-state index contributed by atoms with van der Waals surface area (Å²) in [4.78, 5) is 4.20. The second kappa shape index (κ2) is 4.90. The largest absolute Gasteiger partial charge is 0.302 e. The third-order valence-electron chi connectivity index (χ3n) is 4.26. The van der Waals surface area contributed by atoms with E-state index in [4.69, 9.17) is 0 Å². The van der Waals surface area contributed by atoms with E-state index in [1.54, 1.807) is 5.56 Å². The standard InChI is InChI=1S/C16H23NS/c1-16(2)8-5-9-17(12-16)10-13-11-18-15-7-4-3-6-14(13)15/h3-4,6-7,13H,5,8-12H2,1-2H3. The summed E-state index contributed by atoms with van der Waals surface area (Å²) in [5.74, 6) is 2.02. The van der Waals surface area contributed by atoms with Crippen molar-refractivity contribution in [3.05, 3.63) is 29.8 Å². The van der Waals surface area contributed by atoms with Crippen molar-refractivity contribution in [2.24, 2.45) is 5.41 Å². The Balaban J connectivity index is 1.68. The van der Waals surface area contributed by atoms with Crippen molar-refractivity contribution in [2.75, 3.05) is 25.4 Å². The molecule has 2 heteroatoms. The van der Waals surface area contributed by atoms with Gasteiger partial charge in [-0.25, -0.2) is 0 Å². The maximum Gasteiger partial charge on any atom is 0.0108 e. The summed E-state index contributed by atoms with van der Waals surface area (Å²) >= 11 is 2.04. The van der Waals surface area contributed by atoms with Gasteiger partial charge < -0.3 is 4.90 Å². The molecule has 1 atom stereocenters. The number of thioether (sulfide) groups is 1. The van der Waals surface area contributed by atoms with Gasteiger partial charge in [0.2, 0.25) is 0 Å². The molecule has 98 valence electrons. The normalized spacial score (nSPS) is 27.1. The Kier molecular flexibility index (Phi) is 3.42. The van der Waals surface area contributed by atoms with Crippen LogP contribution in [0.2, 0.25) is 0 Å². The van der Waals surface area contributed by atoms with Gasteiger partial charge in [0.1, 0.15) is 0 Å². The summed E-state index contributed by atoms with van der Waals surface area (Å²) in [7, 11) is 0. The van der Waals surface area contributed by atoms with Crippen molar-refractivity contribution in [3.63, 3.8) is 0 Å². The summed E-state index contributed by atoms with van der Waals surface area (Å²) < 4.78 is 0. The molecule has 0 aliphatic carbocycles. The molecule has 1 fully saturated rings. The Morgan fingerprint density at radius 3 is 3.00 bits per heavy atom. The molecule has 2 heterocycles. The second-order valence-electron chi connectivity index (χ2n) is 6.55. The molecule has 1 saturated heterocycles. The van der Waals surface area contributed by atoms with Crippen LogP contribution in [0.3, 0.4) is 0 Å². The minimum absolute atomic E-state index is 0.517. The van der Waals surface area contributed by atoms with Gasteiger partial charge in [-0.15, -0.1) is 11.8 Å². The number of likely N-dealkylation sites (tertiary alicyclic amines) is 1. The van der Waals surface area contributed by atoms with Crippen LogP contribution in [0.15, 0.2) is 29.2 Å². The first-order valence-electron chi connectivity index (χ1n) is 7.08. The van der Waals surface area contributed by atoms with Crippen molar-refractivity contribution >= 4 is 11.8 Å². The minimum atomic E-state index is 0.517. The van der Waals surface area contributed by atoms with Gasteiger partial charge in [0, 0.05) is 29.7 Å². The van der Waals surface area contributed by atoms with Crippen LogP contribution < -0.4 is 0 Å². The maximum atomic E-state index is 2.69. The second-order valence-corrected chi connectivity index (χ2v) is 7.61. The van der Waals surface area contributed by atoms with Crippen LogP contribution in [-0.4, -0.2) is 30.3 Å². The molecule has 1 aromatic carbocycles. The lowest BCUT2D eigenvalue weighted by atomic mass is 9.83. The SMILES string of the molecule is CC1(C)CCCN(CC2CSc3ccccc32)C1. The number of fused-ring (bicyclic) bond motifs is 1. The summed E-state index contributed by atoms with van der Waals surface area (Å²) in [6, 6.07) is 8.96. The molecule has 3 rings (SSSR count). The van der Waals surface area contributed by atoms with Crippen LogP contribution in [0.5, 0.6) is 0 Å². The molecule has 1 aromatic rings. The number of nitrogens with zero attached hydrogens (tertiary/aromatic N) is 1. The molecule has 0 spiro atoms. The highest BCUT2D eigenvalue weighted by Gasteiger charge is 2.30. The fourth-order valence-corrected chi connectivity index (χ4v) is 4.63. The van der Waals surface area contributed by atoms with Crippen molar-refractivity contribution in [1.82, 2.24) is 4.90 Å². The lowest BCUT2D eigenvalue weighted by molar-refractivity contribution is 0.113. The van der Waals surface area contributed by atoms with E-state index in [1.807, 2.05) is 11.8 Å². The zero-order valence-corrected chi connectivity index (χ0v) is 12.3. The van der Waals surface area contributed by atoms with Gasteiger partial charge in [-0.1, -0.05) is 32.0 Å². The number of piperidine rings is 1. The van der Waals surface area contributed by atoms with Gasteiger partial charge in [0.15, 0.2) is 0 Å². The third-order valence-corrected chi connectivity index (χ3v) is 5.51. The summed E-state index contributed by atoms with van der Waals surface area (Å²) in [5.41, 5.74) is 2.11. The van der Waals surface area contributed by atoms with Crippen molar-refractivity contribution in [2.45, 2.75) is 37.5 Å². The van der Waals surface area contributed by atoms with Gasteiger partial charge in [-0.2, -0.15) is 0 Å². The topological polar surface area (TPSA) is 3.24 Å². The van der Waals surface area contributed by atoms with Crippen LogP contribution in [0.4, 0.5) is 0 Å². The predicted molar refractivity (Wildman–Crippen MR) is 79.4 cm³/mol. The Labute approximate surface area is 115 Å². The molecular formula is C16H23NS. The van der Waals surface area contributed by atoms with Gasteiger partial charge in [0.25, 0.3) is 0 Å². The van der Waals surface area contributed by atoms with Gasteiger partial charge in [-0.05, 0) is 36.4 Å². The predicted octanol–water partition coefficient (Wildman–Crippen LogP) is 4.00. The molecular weight excluding hydrogens is 238 g/mol. The van der Waals surface area contributed by atoms with E-state index in [9.17, 15) is 0 Å². The van der Waals surface area contributed by atoms with E-state index in [2.05, 4.69) is 43.0 Å². The highest BCUT2D eigenvalue weighted by molar-refractivity contribution is 7.99. The highest BCUT2D eigenvalue weighted by atomic mass is 32.2. The summed E-state index contributed by atoms with van der Waals surface area (Å²) in [6.07, 6.45) is 2.76. The maximum absolute atomic E-state index is 2.69. The van der Waals surface area contributed by atoms with Crippen molar-refractivity contribution in [3.8, 4) is 0 Å². The fourth-order valence-electron chi connectivity index (χ4n) is 3.39. The molecule has 0 bridgehead atoms. The first-order chi connectivity index (χ1) is 8.64. The Hall–Kier alpha value is -0.470. The lowest BCUT2D eigenvalue weighted by Crippen LogP contribution is -2.42. The quantitative estimate of drug-likeness (QED) is 0.791. The molecule has 0 saturated carbocycles. The van der Waals surface area contributed by atoms with Gasteiger partial charge in [-0.3, -0.25) is 0 Å². The molecule has 18 heavy (non-hydrogen) atoms. The first-order valence-corrected chi connectivity index (χ1v) is 8.07. The van der Waals surface area contributed by atoms with E-state index in [0.717, 1.165) is 5.92 Å². The average molecular weight is 261 g/mol. The van der Waals surface area contributed by atoms with Crippen LogP contribution in [-0.2, 0) is 0 Å². The van der Waals surface area contributed by atoms with Crippen molar-refractivity contribution < 1.29 is 0 Å². The van der Waals surface area contributed by atoms with Crippen LogP contribution in [0, 0.1) is 5.41 Å². The van der Waals surface area contributed by atoms with Gasteiger partial charge in [0.05, 0.1) is 0 Å². The Morgan fingerprint density at radius 2 is 2.17 bits per heavy atom. The number of rotatable bonds is 2. The lowest BCUT2D eigenvalue weighted by Gasteiger charge is -2.39. The highest BCUT2D eigenvalue weighted by Crippen LogP contribution is 2.40. The molecule has 0 N–H and O–H groups in total. The third kappa shape index (κ3) is 2.60. The molecule has 2 aliphatic heterocycles. The van der Waals surface area contributed by atoms with E-state index in [0.29, 0.717) is 5.41 Å². The Morgan fingerprint density at radius 1 is 1.33 bits per heavy atom. The molecule has 0 amide bonds. The van der Waals surface area contributed by atoms with Crippen LogP contribution in [0.1, 0.15) is 38.2 Å². The first kappa shape index (κ1) is 12.6. The Bertz CT molecular complexity index is 427. The molecule has 0 aromatic heterocycles. The number of hydrogen-bond donors (Lipinski definition) is 0. The van der Waals surface area contributed by atoms with E-state index < -0.39 is 0 Å².